The van der Waals surface area contributed by atoms with Gasteiger partial charge in [0, 0.05) is 12.6 Å². The second-order valence-electron chi connectivity index (χ2n) is 6.53. The Morgan fingerprint density at radius 1 is 1.29 bits per heavy atom. The Kier molecular flexibility index (Phi) is 4.33. The maximum Gasteiger partial charge on any atom is 0.258 e. The van der Waals surface area contributed by atoms with Gasteiger partial charge in [-0.15, -0.1) is 0 Å². The molecule has 2 saturated carbocycles. The summed E-state index contributed by atoms with van der Waals surface area (Å²) in [5, 5.41) is 7.22. The van der Waals surface area contributed by atoms with Gasteiger partial charge in [-0.3, -0.25) is 4.79 Å². The summed E-state index contributed by atoms with van der Waals surface area (Å²) in [7, 11) is 0. The van der Waals surface area contributed by atoms with E-state index >= 15 is 0 Å². The number of hydrogen-bond donors (Lipinski definition) is 3. The van der Waals surface area contributed by atoms with Crippen molar-refractivity contribution < 1.29 is 4.79 Å². The Balaban J connectivity index is 1.58. The molecule has 1 heterocycles. The molecule has 0 radical (unpaired) electrons. The normalized spacial score (nSPS) is 25.6. The molecule has 0 atom stereocenters. The second kappa shape index (κ2) is 6.22. The summed E-state index contributed by atoms with van der Waals surface area (Å²) >= 11 is 1.29. The van der Waals surface area contributed by atoms with Crippen molar-refractivity contribution in [1.29, 1.82) is 0 Å². The lowest BCUT2D eigenvalue weighted by atomic mass is 9.83. The van der Waals surface area contributed by atoms with E-state index in [1.165, 1.54) is 37.2 Å². The number of carbonyl (C=O) groups excluding carboxylic acids is 1. The average molecular weight is 308 g/mol. The zero-order chi connectivity index (χ0) is 14.8. The molecule has 0 unspecified atom stereocenters. The summed E-state index contributed by atoms with van der Waals surface area (Å²) in [6.45, 7) is 3.24. The van der Waals surface area contributed by atoms with E-state index in [0.29, 0.717) is 23.3 Å². The Morgan fingerprint density at radius 2 is 2.00 bits per heavy atom. The quantitative estimate of drug-likeness (QED) is 0.781. The third-order valence-electron chi connectivity index (χ3n) is 4.54. The van der Waals surface area contributed by atoms with E-state index in [2.05, 4.69) is 21.9 Å². The second-order valence-corrected chi connectivity index (χ2v) is 7.30. The third kappa shape index (κ3) is 3.67. The number of hydrogen-bond acceptors (Lipinski definition) is 5. The molecule has 5 nitrogen and oxygen atoms in total. The van der Waals surface area contributed by atoms with E-state index in [1.807, 2.05) is 0 Å². The van der Waals surface area contributed by atoms with Crippen LogP contribution >= 0.6 is 11.5 Å². The molecule has 1 aromatic heterocycles. The van der Waals surface area contributed by atoms with Crippen LogP contribution in [0, 0.1) is 11.8 Å². The topological polar surface area (TPSA) is 80.0 Å². The van der Waals surface area contributed by atoms with Gasteiger partial charge in [0.15, 0.2) is 5.82 Å². The van der Waals surface area contributed by atoms with Crippen LogP contribution in [0.1, 0.15) is 55.8 Å². The predicted molar refractivity (Wildman–Crippen MR) is 86.6 cm³/mol. The number of amides is 1. The van der Waals surface area contributed by atoms with Gasteiger partial charge in [-0.05, 0) is 49.1 Å². The molecule has 2 aliphatic rings. The molecular weight excluding hydrogens is 284 g/mol. The van der Waals surface area contributed by atoms with Gasteiger partial charge in [0.2, 0.25) is 0 Å². The Hall–Kier alpha value is -1.30. The van der Waals surface area contributed by atoms with Gasteiger partial charge >= 0.3 is 0 Å². The minimum Gasteiger partial charge on any atom is -0.382 e. The van der Waals surface area contributed by atoms with Crippen molar-refractivity contribution in [3.8, 4) is 0 Å². The molecule has 6 heteroatoms. The van der Waals surface area contributed by atoms with Crippen molar-refractivity contribution in [3.63, 3.8) is 0 Å². The van der Waals surface area contributed by atoms with Crippen LogP contribution in [0.5, 0.6) is 0 Å². The number of carbonyl (C=O) groups is 1. The number of rotatable bonds is 5. The molecule has 2 aliphatic carbocycles. The Morgan fingerprint density at radius 3 is 2.67 bits per heavy atom. The molecule has 0 aromatic carbocycles. The maximum atomic E-state index is 12.2. The van der Waals surface area contributed by atoms with Crippen molar-refractivity contribution in [2.24, 2.45) is 11.8 Å². The number of nitrogens with two attached hydrogens (primary N) is 1. The lowest BCUT2D eigenvalue weighted by Gasteiger charge is -2.26. The molecular formula is C15H24N4OS. The van der Waals surface area contributed by atoms with Crippen LogP contribution in [0.25, 0.3) is 0 Å². The van der Waals surface area contributed by atoms with E-state index in [0.717, 1.165) is 30.3 Å². The van der Waals surface area contributed by atoms with Crippen LogP contribution < -0.4 is 16.4 Å². The van der Waals surface area contributed by atoms with Crippen LogP contribution in [0.2, 0.25) is 0 Å². The number of anilines is 2. The molecule has 1 amide bonds. The van der Waals surface area contributed by atoms with Gasteiger partial charge in [0.05, 0.1) is 0 Å². The molecule has 0 saturated heterocycles. The molecule has 1 aromatic rings. The highest BCUT2D eigenvalue weighted by Crippen LogP contribution is 2.31. The maximum absolute atomic E-state index is 12.2. The van der Waals surface area contributed by atoms with Gasteiger partial charge in [-0.1, -0.05) is 19.8 Å². The Labute approximate surface area is 129 Å². The first-order valence-electron chi connectivity index (χ1n) is 7.93. The fraction of sp³-hybridized carbons (Fsp3) is 0.733. The molecule has 2 fully saturated rings. The lowest BCUT2D eigenvalue weighted by Crippen LogP contribution is -2.27. The van der Waals surface area contributed by atoms with Gasteiger partial charge < -0.3 is 16.4 Å². The molecule has 0 bridgehead atoms. The third-order valence-corrected chi connectivity index (χ3v) is 5.36. The van der Waals surface area contributed by atoms with E-state index < -0.39 is 0 Å². The predicted octanol–water partition coefficient (Wildman–Crippen LogP) is 2.86. The SMILES string of the molecule is CC1CCC(CNc2snc(N)c2C(=O)NC2CC2)CC1. The van der Waals surface area contributed by atoms with E-state index in [1.54, 1.807) is 0 Å². The molecule has 4 N–H and O–H groups in total. The van der Waals surface area contributed by atoms with E-state index in [4.69, 9.17) is 5.73 Å². The number of aromatic nitrogens is 1. The van der Waals surface area contributed by atoms with Crippen molar-refractivity contribution in [1.82, 2.24) is 9.69 Å². The highest BCUT2D eigenvalue weighted by atomic mass is 32.1. The highest BCUT2D eigenvalue weighted by molar-refractivity contribution is 7.11. The minimum atomic E-state index is -0.0801. The van der Waals surface area contributed by atoms with E-state index in [-0.39, 0.29) is 5.91 Å². The zero-order valence-electron chi connectivity index (χ0n) is 12.5. The van der Waals surface area contributed by atoms with Crippen LogP contribution in [0.4, 0.5) is 10.8 Å². The van der Waals surface area contributed by atoms with Gasteiger partial charge in [0.25, 0.3) is 5.91 Å². The monoisotopic (exact) mass is 308 g/mol. The lowest BCUT2D eigenvalue weighted by molar-refractivity contribution is 0.0953. The average Bonchev–Trinajstić information content (AvgIpc) is 3.19. The van der Waals surface area contributed by atoms with Crippen LogP contribution in [-0.4, -0.2) is 22.9 Å². The minimum absolute atomic E-state index is 0.0801. The van der Waals surface area contributed by atoms with Crippen LogP contribution in [0.3, 0.4) is 0 Å². The standard InChI is InChI=1S/C15H24N4OS/c1-9-2-4-10(5-3-9)8-17-15-12(13(16)19-21-15)14(20)18-11-6-7-11/h9-11,17H,2-8H2,1H3,(H2,16,19)(H,18,20). The number of nitrogen functional groups attached to an aromatic ring is 1. The van der Waals surface area contributed by atoms with Gasteiger partial charge in [0.1, 0.15) is 10.6 Å². The first kappa shape index (κ1) is 14.6. The summed E-state index contributed by atoms with van der Waals surface area (Å²) < 4.78 is 4.14. The first-order valence-corrected chi connectivity index (χ1v) is 8.70. The van der Waals surface area contributed by atoms with Crippen molar-refractivity contribution in [3.05, 3.63) is 5.56 Å². The van der Waals surface area contributed by atoms with Crippen LogP contribution in [-0.2, 0) is 0 Å². The molecule has 0 spiro atoms. The largest absolute Gasteiger partial charge is 0.382 e. The molecule has 116 valence electrons. The highest BCUT2D eigenvalue weighted by Gasteiger charge is 2.27. The smallest absolute Gasteiger partial charge is 0.258 e. The summed E-state index contributed by atoms with van der Waals surface area (Å²) in [6.07, 6.45) is 7.31. The molecule has 3 rings (SSSR count). The van der Waals surface area contributed by atoms with Gasteiger partial charge in [-0.25, -0.2) is 0 Å². The fourth-order valence-electron chi connectivity index (χ4n) is 2.90. The molecule has 0 aliphatic heterocycles. The number of nitrogens with one attached hydrogen (secondary N) is 2. The number of nitrogens with zero attached hydrogens (tertiary/aromatic N) is 1. The summed E-state index contributed by atoms with van der Waals surface area (Å²) in [4.78, 5) is 12.2. The summed E-state index contributed by atoms with van der Waals surface area (Å²) in [5.41, 5.74) is 6.40. The van der Waals surface area contributed by atoms with Crippen molar-refractivity contribution >= 4 is 28.3 Å². The van der Waals surface area contributed by atoms with Crippen molar-refractivity contribution in [2.45, 2.75) is 51.5 Å². The zero-order valence-corrected chi connectivity index (χ0v) is 13.3. The molecule has 21 heavy (non-hydrogen) atoms. The summed E-state index contributed by atoms with van der Waals surface area (Å²) in [6, 6.07) is 0.337. The Bertz CT molecular complexity index is 504. The summed E-state index contributed by atoms with van der Waals surface area (Å²) in [5.74, 6) is 1.82. The van der Waals surface area contributed by atoms with Crippen LogP contribution in [0.15, 0.2) is 0 Å². The first-order chi connectivity index (χ1) is 10.1. The fourth-order valence-corrected chi connectivity index (χ4v) is 3.62. The van der Waals surface area contributed by atoms with Crippen molar-refractivity contribution in [2.75, 3.05) is 17.6 Å². The van der Waals surface area contributed by atoms with E-state index in [9.17, 15) is 4.79 Å². The van der Waals surface area contributed by atoms with Gasteiger partial charge in [-0.2, -0.15) is 4.37 Å².